The first-order valence-electron chi connectivity index (χ1n) is 5.27. The number of hydrogen-bond donors (Lipinski definition) is 2. The molecule has 16 heavy (non-hydrogen) atoms. The Kier molecular flexibility index (Phi) is 5.05. The fourth-order valence-corrected chi connectivity index (χ4v) is 1.32. The average molecular weight is 220 g/mol. The lowest BCUT2D eigenvalue weighted by molar-refractivity contribution is -0.121. The van der Waals surface area contributed by atoms with Gasteiger partial charge in [0.2, 0.25) is 11.8 Å². The molecular weight excluding hydrogens is 204 g/mol. The van der Waals surface area contributed by atoms with E-state index in [0.717, 1.165) is 5.56 Å². The van der Waals surface area contributed by atoms with Gasteiger partial charge in [0, 0.05) is 19.4 Å². The smallest absolute Gasteiger partial charge is 0.220 e. The zero-order valence-electron chi connectivity index (χ0n) is 9.11. The van der Waals surface area contributed by atoms with Crippen LogP contribution in [0.3, 0.4) is 0 Å². The maximum atomic E-state index is 11.3. The minimum Gasteiger partial charge on any atom is -0.370 e. The molecule has 0 spiro atoms. The molecule has 0 bridgehead atoms. The van der Waals surface area contributed by atoms with Gasteiger partial charge < -0.3 is 11.1 Å². The van der Waals surface area contributed by atoms with Crippen LogP contribution in [0.1, 0.15) is 18.4 Å². The van der Waals surface area contributed by atoms with Crippen LogP contribution in [0.15, 0.2) is 30.3 Å². The molecule has 86 valence electrons. The Morgan fingerprint density at radius 2 is 1.81 bits per heavy atom. The van der Waals surface area contributed by atoms with E-state index >= 15 is 0 Å². The van der Waals surface area contributed by atoms with Gasteiger partial charge in [-0.1, -0.05) is 30.3 Å². The molecule has 1 aromatic carbocycles. The first-order chi connectivity index (χ1) is 7.68. The average Bonchev–Trinajstić information content (AvgIpc) is 2.27. The molecule has 4 heteroatoms. The maximum Gasteiger partial charge on any atom is 0.220 e. The SMILES string of the molecule is NC(=O)CCNC(=O)CCc1ccccc1. The molecule has 4 nitrogen and oxygen atoms in total. The fourth-order valence-electron chi connectivity index (χ4n) is 1.32. The summed E-state index contributed by atoms with van der Waals surface area (Å²) >= 11 is 0. The van der Waals surface area contributed by atoms with E-state index in [1.807, 2.05) is 30.3 Å². The number of carbonyl (C=O) groups is 2. The predicted molar refractivity (Wildman–Crippen MR) is 61.6 cm³/mol. The Balaban J connectivity index is 2.18. The van der Waals surface area contributed by atoms with Crippen LogP contribution in [0.2, 0.25) is 0 Å². The van der Waals surface area contributed by atoms with E-state index in [9.17, 15) is 9.59 Å². The third-order valence-corrected chi connectivity index (χ3v) is 2.18. The third-order valence-electron chi connectivity index (χ3n) is 2.18. The molecule has 3 N–H and O–H groups in total. The zero-order chi connectivity index (χ0) is 11.8. The first kappa shape index (κ1) is 12.2. The van der Waals surface area contributed by atoms with Gasteiger partial charge in [-0.05, 0) is 12.0 Å². The summed E-state index contributed by atoms with van der Waals surface area (Å²) in [5.41, 5.74) is 6.09. The number of hydrogen-bond acceptors (Lipinski definition) is 2. The molecule has 0 radical (unpaired) electrons. The van der Waals surface area contributed by atoms with E-state index in [0.29, 0.717) is 19.4 Å². The molecule has 0 heterocycles. The van der Waals surface area contributed by atoms with Crippen molar-refractivity contribution < 1.29 is 9.59 Å². The molecule has 0 aliphatic carbocycles. The second kappa shape index (κ2) is 6.61. The predicted octanol–water partition coefficient (Wildman–Crippen LogP) is 0.611. The van der Waals surface area contributed by atoms with E-state index in [2.05, 4.69) is 5.32 Å². The van der Waals surface area contributed by atoms with Crippen LogP contribution in [0.4, 0.5) is 0 Å². The van der Waals surface area contributed by atoms with Crippen molar-refractivity contribution in [1.29, 1.82) is 0 Å². The van der Waals surface area contributed by atoms with Crippen molar-refractivity contribution in [3.63, 3.8) is 0 Å². The largest absolute Gasteiger partial charge is 0.370 e. The third kappa shape index (κ3) is 5.14. The van der Waals surface area contributed by atoms with Crippen molar-refractivity contribution >= 4 is 11.8 Å². The summed E-state index contributed by atoms with van der Waals surface area (Å²) in [5, 5.41) is 2.64. The Labute approximate surface area is 94.8 Å². The Bertz CT molecular complexity index is 349. The van der Waals surface area contributed by atoms with Crippen molar-refractivity contribution in [1.82, 2.24) is 5.32 Å². The zero-order valence-corrected chi connectivity index (χ0v) is 9.11. The number of nitrogens with one attached hydrogen (secondary N) is 1. The number of carbonyl (C=O) groups excluding carboxylic acids is 2. The highest BCUT2D eigenvalue weighted by Crippen LogP contribution is 2.01. The molecule has 1 aromatic rings. The van der Waals surface area contributed by atoms with Gasteiger partial charge in [-0.3, -0.25) is 9.59 Å². The summed E-state index contributed by atoms with van der Waals surface area (Å²) in [5.74, 6) is -0.450. The quantitative estimate of drug-likeness (QED) is 0.737. The summed E-state index contributed by atoms with van der Waals surface area (Å²) in [7, 11) is 0. The lowest BCUT2D eigenvalue weighted by atomic mass is 10.1. The van der Waals surface area contributed by atoms with E-state index in [-0.39, 0.29) is 12.3 Å². The molecular formula is C12H16N2O2. The highest BCUT2D eigenvalue weighted by Gasteiger charge is 2.02. The van der Waals surface area contributed by atoms with Crippen LogP contribution in [-0.4, -0.2) is 18.4 Å². The first-order valence-corrected chi connectivity index (χ1v) is 5.27. The number of rotatable bonds is 6. The van der Waals surface area contributed by atoms with E-state index < -0.39 is 5.91 Å². The van der Waals surface area contributed by atoms with Crippen molar-refractivity contribution in [2.45, 2.75) is 19.3 Å². The van der Waals surface area contributed by atoms with Crippen molar-refractivity contribution in [3.05, 3.63) is 35.9 Å². The maximum absolute atomic E-state index is 11.3. The molecule has 0 unspecified atom stereocenters. The van der Waals surface area contributed by atoms with Crippen LogP contribution in [0.5, 0.6) is 0 Å². The highest BCUT2D eigenvalue weighted by atomic mass is 16.2. The fraction of sp³-hybridized carbons (Fsp3) is 0.333. The van der Waals surface area contributed by atoms with Gasteiger partial charge in [0.25, 0.3) is 0 Å². The normalized spacial score (nSPS) is 9.75. The van der Waals surface area contributed by atoms with E-state index in [1.54, 1.807) is 0 Å². The van der Waals surface area contributed by atoms with Crippen LogP contribution < -0.4 is 11.1 Å². The van der Waals surface area contributed by atoms with Gasteiger partial charge in [0.15, 0.2) is 0 Å². The molecule has 0 fully saturated rings. The van der Waals surface area contributed by atoms with Crippen molar-refractivity contribution in [2.24, 2.45) is 5.73 Å². The summed E-state index contributed by atoms with van der Waals surface area (Å²) in [6, 6.07) is 9.80. The van der Waals surface area contributed by atoms with Crippen molar-refractivity contribution in [2.75, 3.05) is 6.54 Å². The number of primary amides is 1. The minimum absolute atomic E-state index is 0.0508. The monoisotopic (exact) mass is 220 g/mol. The van der Waals surface area contributed by atoms with Crippen LogP contribution in [0, 0.1) is 0 Å². The van der Waals surface area contributed by atoms with Gasteiger partial charge in [-0.15, -0.1) is 0 Å². The molecule has 0 atom stereocenters. The number of nitrogens with two attached hydrogens (primary N) is 1. The van der Waals surface area contributed by atoms with Gasteiger partial charge in [0.1, 0.15) is 0 Å². The lowest BCUT2D eigenvalue weighted by Crippen LogP contribution is -2.27. The Morgan fingerprint density at radius 3 is 2.44 bits per heavy atom. The van der Waals surface area contributed by atoms with Crippen LogP contribution in [-0.2, 0) is 16.0 Å². The molecule has 2 amide bonds. The number of amides is 2. The van der Waals surface area contributed by atoms with E-state index in [1.165, 1.54) is 0 Å². The highest BCUT2D eigenvalue weighted by molar-refractivity contribution is 5.78. The number of benzene rings is 1. The summed E-state index contributed by atoms with van der Waals surface area (Å²) in [4.78, 5) is 21.8. The molecule has 0 saturated carbocycles. The van der Waals surface area contributed by atoms with Gasteiger partial charge >= 0.3 is 0 Å². The van der Waals surface area contributed by atoms with Crippen LogP contribution in [0.25, 0.3) is 0 Å². The Hall–Kier alpha value is -1.84. The minimum atomic E-state index is -0.400. The molecule has 0 aliphatic heterocycles. The summed E-state index contributed by atoms with van der Waals surface area (Å²) in [6.07, 6.45) is 1.34. The number of aryl methyl sites for hydroxylation is 1. The van der Waals surface area contributed by atoms with Crippen LogP contribution >= 0.6 is 0 Å². The summed E-state index contributed by atoms with van der Waals surface area (Å²) in [6.45, 7) is 0.322. The topological polar surface area (TPSA) is 72.2 Å². The molecule has 0 aromatic heterocycles. The second-order valence-corrected chi connectivity index (χ2v) is 3.55. The lowest BCUT2D eigenvalue weighted by Gasteiger charge is -2.03. The Morgan fingerprint density at radius 1 is 1.12 bits per heavy atom. The molecule has 0 aliphatic rings. The second-order valence-electron chi connectivity index (χ2n) is 3.55. The molecule has 1 rings (SSSR count). The van der Waals surface area contributed by atoms with Crippen molar-refractivity contribution in [3.8, 4) is 0 Å². The standard InChI is InChI=1S/C12H16N2O2/c13-11(15)8-9-14-12(16)7-6-10-4-2-1-3-5-10/h1-5H,6-9H2,(H2,13,15)(H,14,16). The van der Waals surface area contributed by atoms with Gasteiger partial charge in [-0.25, -0.2) is 0 Å². The summed E-state index contributed by atoms with van der Waals surface area (Å²) < 4.78 is 0. The van der Waals surface area contributed by atoms with E-state index in [4.69, 9.17) is 5.73 Å². The molecule has 0 saturated heterocycles. The van der Waals surface area contributed by atoms with Gasteiger partial charge in [-0.2, -0.15) is 0 Å². The van der Waals surface area contributed by atoms with Gasteiger partial charge in [0.05, 0.1) is 0 Å².